The van der Waals surface area contributed by atoms with Crippen molar-refractivity contribution in [1.29, 1.82) is 0 Å². The Bertz CT molecular complexity index is 1320. The summed E-state index contributed by atoms with van der Waals surface area (Å²) in [6.45, 7) is 15.3. The second-order valence-corrected chi connectivity index (χ2v) is 19.9. The third kappa shape index (κ3) is 8.17. The number of para-hydroxylation sites is 1. The molecule has 0 radical (unpaired) electrons. The summed E-state index contributed by atoms with van der Waals surface area (Å²) in [5.74, 6) is 0.559. The monoisotopic (exact) mass is 727 g/mol. The van der Waals surface area contributed by atoms with Gasteiger partial charge in [0.2, 0.25) is 5.95 Å². The van der Waals surface area contributed by atoms with Crippen molar-refractivity contribution in [3.05, 3.63) is 38.6 Å². The van der Waals surface area contributed by atoms with Gasteiger partial charge in [-0.2, -0.15) is 0 Å². The first-order chi connectivity index (χ1) is 18.3. The van der Waals surface area contributed by atoms with Gasteiger partial charge in [-0.05, 0) is 84.2 Å². The molecule has 1 amide bonds. The number of carbonyl (C=O) groups is 1. The van der Waals surface area contributed by atoms with Crippen LogP contribution in [0.5, 0.6) is 0 Å². The molecular weight excluding hydrogens is 689 g/mol. The molecule has 1 N–H and O–H groups in total. The van der Waals surface area contributed by atoms with Crippen LogP contribution in [-0.4, -0.2) is 64.9 Å². The van der Waals surface area contributed by atoms with Crippen molar-refractivity contribution in [1.82, 2.24) is 19.4 Å². The van der Waals surface area contributed by atoms with Crippen molar-refractivity contribution in [2.24, 2.45) is 0 Å². The Hall–Kier alpha value is -1.70. The summed E-state index contributed by atoms with van der Waals surface area (Å²) in [5, 5.41) is 4.58. The van der Waals surface area contributed by atoms with E-state index in [1.165, 1.54) is 0 Å². The molecule has 4 rings (SSSR count). The zero-order valence-corrected chi connectivity index (χ0v) is 28.4. The van der Waals surface area contributed by atoms with Crippen LogP contribution < -0.4 is 5.32 Å². The largest absolute Gasteiger partial charge is 0.444 e. The fraction of sp³-hybridized carbons (Fsp3) is 0.536. The van der Waals surface area contributed by atoms with Crippen LogP contribution in [0.15, 0.2) is 35.1 Å². The Kier molecular flexibility index (Phi) is 9.65. The normalized spacial score (nSPS) is 16.5. The molecule has 1 aromatic carbocycles. The van der Waals surface area contributed by atoms with Gasteiger partial charge in [-0.3, -0.25) is 0 Å². The van der Waals surface area contributed by atoms with Gasteiger partial charge in [0.1, 0.15) is 12.3 Å². The number of hydrogen-bond donors (Lipinski definition) is 1. The number of rotatable bonds is 8. The minimum Gasteiger partial charge on any atom is -0.444 e. The Morgan fingerprint density at radius 3 is 2.77 bits per heavy atom. The molecule has 8 nitrogen and oxygen atoms in total. The Morgan fingerprint density at radius 2 is 2.05 bits per heavy atom. The van der Waals surface area contributed by atoms with Gasteiger partial charge in [0.15, 0.2) is 0 Å². The summed E-state index contributed by atoms with van der Waals surface area (Å²) in [5.41, 5.74) is 2.48. The number of nitrogens with one attached hydrogen (secondary N) is 1. The number of aromatic nitrogens is 3. The van der Waals surface area contributed by atoms with Gasteiger partial charge in [0.05, 0.1) is 14.8 Å². The summed E-state index contributed by atoms with van der Waals surface area (Å²) in [6.07, 6.45) is 5.54. The first-order valence-electron chi connectivity index (χ1n) is 13.4. The number of nitrogens with zero attached hydrogens (tertiary/aromatic N) is 4. The molecule has 1 fully saturated rings. The van der Waals surface area contributed by atoms with Crippen LogP contribution in [0.1, 0.15) is 33.6 Å². The maximum atomic E-state index is 12.6. The average molecular weight is 729 g/mol. The highest BCUT2D eigenvalue weighted by atomic mass is 127. The molecule has 0 spiro atoms. The van der Waals surface area contributed by atoms with E-state index in [1.54, 1.807) is 4.90 Å². The molecule has 3 heterocycles. The van der Waals surface area contributed by atoms with Crippen LogP contribution in [0.4, 0.5) is 10.7 Å². The van der Waals surface area contributed by atoms with Crippen LogP contribution in [-0.2, 0) is 16.2 Å². The van der Waals surface area contributed by atoms with Crippen molar-refractivity contribution in [2.45, 2.75) is 77.7 Å². The highest BCUT2D eigenvalue weighted by Gasteiger charge is 2.28. The number of carbonyl (C=O) groups excluding carboxylic acids is 1. The number of hydrogen-bond acceptors (Lipinski definition) is 6. The van der Waals surface area contributed by atoms with E-state index >= 15 is 0 Å². The van der Waals surface area contributed by atoms with E-state index in [0.29, 0.717) is 25.8 Å². The van der Waals surface area contributed by atoms with Crippen LogP contribution in [0.3, 0.4) is 0 Å². The third-order valence-corrected chi connectivity index (χ3v) is 9.61. The molecule has 0 aliphatic carbocycles. The van der Waals surface area contributed by atoms with Crippen molar-refractivity contribution < 1.29 is 14.3 Å². The number of anilines is 1. The van der Waals surface area contributed by atoms with E-state index in [2.05, 4.69) is 91.4 Å². The molecular formula is C28H39BrIN5O3Si. The van der Waals surface area contributed by atoms with Gasteiger partial charge >= 0.3 is 6.09 Å². The predicted octanol–water partition coefficient (Wildman–Crippen LogP) is 7.59. The molecule has 212 valence electrons. The number of piperidine rings is 1. The molecule has 1 atom stereocenters. The van der Waals surface area contributed by atoms with Crippen molar-refractivity contribution in [2.75, 3.05) is 25.0 Å². The molecule has 11 heteroatoms. The minimum absolute atomic E-state index is 0.0504. The number of ether oxygens (including phenoxy) is 2. The minimum atomic E-state index is -1.16. The van der Waals surface area contributed by atoms with Gasteiger partial charge < -0.3 is 24.3 Å². The highest BCUT2D eigenvalue weighted by molar-refractivity contribution is 14.1. The topological polar surface area (TPSA) is 81.5 Å². The molecule has 0 bridgehead atoms. The fourth-order valence-electron chi connectivity index (χ4n) is 4.54. The van der Waals surface area contributed by atoms with Crippen molar-refractivity contribution >= 4 is 69.5 Å². The Morgan fingerprint density at radius 1 is 1.28 bits per heavy atom. The van der Waals surface area contributed by atoms with E-state index < -0.39 is 13.7 Å². The number of amides is 1. The van der Waals surface area contributed by atoms with Crippen LogP contribution >= 0.6 is 38.5 Å². The number of fused-ring (bicyclic) bond motifs is 1. The van der Waals surface area contributed by atoms with Crippen LogP contribution in [0.2, 0.25) is 25.7 Å². The van der Waals surface area contributed by atoms with Crippen molar-refractivity contribution in [3.63, 3.8) is 0 Å². The molecule has 1 saturated heterocycles. The lowest BCUT2D eigenvalue weighted by atomic mass is 10.1. The van der Waals surface area contributed by atoms with Crippen LogP contribution in [0, 0.1) is 3.57 Å². The van der Waals surface area contributed by atoms with E-state index in [0.717, 1.165) is 55.7 Å². The molecule has 3 aromatic rings. The van der Waals surface area contributed by atoms with E-state index in [9.17, 15) is 4.79 Å². The zero-order valence-electron chi connectivity index (χ0n) is 23.7. The molecule has 39 heavy (non-hydrogen) atoms. The maximum Gasteiger partial charge on any atom is 0.410 e. The molecule has 0 unspecified atom stereocenters. The van der Waals surface area contributed by atoms with Gasteiger partial charge in [-0.15, -0.1) is 0 Å². The van der Waals surface area contributed by atoms with Gasteiger partial charge in [0.25, 0.3) is 0 Å². The van der Waals surface area contributed by atoms with E-state index in [-0.39, 0.29) is 12.1 Å². The predicted molar refractivity (Wildman–Crippen MR) is 172 cm³/mol. The first kappa shape index (κ1) is 30.3. The highest BCUT2D eigenvalue weighted by Crippen LogP contribution is 2.36. The quantitative estimate of drug-likeness (QED) is 0.146. The average Bonchev–Trinajstić information content (AvgIpc) is 3.21. The first-order valence-corrected chi connectivity index (χ1v) is 19.0. The lowest BCUT2D eigenvalue weighted by Gasteiger charge is -2.34. The van der Waals surface area contributed by atoms with Crippen LogP contribution in [0.25, 0.3) is 22.2 Å². The Labute approximate surface area is 254 Å². The number of benzene rings is 1. The second-order valence-electron chi connectivity index (χ2n) is 12.3. The summed E-state index contributed by atoms with van der Waals surface area (Å²) >= 11 is 6.05. The second kappa shape index (κ2) is 12.4. The molecule has 2 aromatic heterocycles. The molecule has 1 aliphatic rings. The van der Waals surface area contributed by atoms with Gasteiger partial charge in [-0.25, -0.2) is 14.8 Å². The third-order valence-electron chi connectivity index (χ3n) is 6.48. The maximum absolute atomic E-state index is 12.6. The van der Waals surface area contributed by atoms with Crippen molar-refractivity contribution in [3.8, 4) is 11.3 Å². The molecule has 1 aliphatic heterocycles. The SMILES string of the molecule is CC(C)(C)OC(=O)N1CCC[C@H](Nc2ncc(I)c(-c3cn(COCC[Si](C)(C)C)c4c(Br)cccc34)n2)C1. The lowest BCUT2D eigenvalue weighted by Crippen LogP contribution is -2.47. The van der Waals surface area contributed by atoms with E-state index in [4.69, 9.17) is 14.5 Å². The lowest BCUT2D eigenvalue weighted by molar-refractivity contribution is 0.0206. The number of halogens is 2. The summed E-state index contributed by atoms with van der Waals surface area (Å²) in [6, 6.07) is 7.41. The Balaban J connectivity index is 1.55. The standard InChI is InChI=1S/C28H39BrIN5O3Si/c1-28(2,3)38-27(36)34-12-8-9-19(16-34)32-26-31-15-23(30)24(33-26)21-17-35(18-37-13-14-39(4,5)6)25-20(21)10-7-11-22(25)29/h7,10-11,15,17,19H,8-9,12-14,16,18H2,1-6H3,(H,31,32,33)/t19-/m0/s1. The van der Waals surface area contributed by atoms with Gasteiger partial charge in [0, 0.05) is 61.6 Å². The smallest absolute Gasteiger partial charge is 0.410 e. The summed E-state index contributed by atoms with van der Waals surface area (Å²) < 4.78 is 15.8. The number of likely N-dealkylation sites (tertiary alicyclic amines) is 1. The van der Waals surface area contributed by atoms with E-state index in [1.807, 2.05) is 33.0 Å². The van der Waals surface area contributed by atoms with Gasteiger partial charge in [-0.1, -0.05) is 31.8 Å². The summed E-state index contributed by atoms with van der Waals surface area (Å²) in [4.78, 5) is 23.9. The fourth-order valence-corrected chi connectivity index (χ4v) is 6.44. The zero-order chi connectivity index (χ0) is 28.4. The molecule has 0 saturated carbocycles. The summed E-state index contributed by atoms with van der Waals surface area (Å²) in [7, 11) is -1.16.